The van der Waals surface area contributed by atoms with Crippen molar-refractivity contribution in [1.82, 2.24) is 10.2 Å². The Kier molecular flexibility index (Phi) is 4.58. The molecule has 2 nitrogen and oxygen atoms in total. The van der Waals surface area contributed by atoms with Gasteiger partial charge in [0.1, 0.15) is 5.82 Å². The van der Waals surface area contributed by atoms with Gasteiger partial charge in [0.15, 0.2) is 0 Å². The van der Waals surface area contributed by atoms with E-state index in [2.05, 4.69) is 31.0 Å². The second kappa shape index (κ2) is 6.02. The molecule has 0 radical (unpaired) electrons. The predicted molar refractivity (Wildman–Crippen MR) is 77.7 cm³/mol. The van der Waals surface area contributed by atoms with Crippen molar-refractivity contribution < 1.29 is 4.39 Å². The highest BCUT2D eigenvalue weighted by Gasteiger charge is 2.33. The topological polar surface area (TPSA) is 15.3 Å². The number of hydrogen-bond donors (Lipinski definition) is 1. The minimum atomic E-state index is -0.106. The van der Waals surface area contributed by atoms with Gasteiger partial charge < -0.3 is 5.32 Å². The van der Waals surface area contributed by atoms with Crippen LogP contribution in [0.4, 0.5) is 4.39 Å². The second-order valence-electron chi connectivity index (χ2n) is 5.99. The van der Waals surface area contributed by atoms with Crippen LogP contribution in [0.2, 0.25) is 0 Å². The molecule has 1 saturated heterocycles. The summed E-state index contributed by atoms with van der Waals surface area (Å²) < 4.78 is 14.0. The lowest BCUT2D eigenvalue weighted by Gasteiger charge is -2.35. The summed E-state index contributed by atoms with van der Waals surface area (Å²) in [6.45, 7) is 9.48. The average Bonchev–Trinajstić information content (AvgIpc) is 2.69. The van der Waals surface area contributed by atoms with Crippen LogP contribution >= 0.6 is 0 Å². The molecule has 106 valence electrons. The van der Waals surface area contributed by atoms with Gasteiger partial charge in [-0.25, -0.2) is 4.39 Å². The maximum atomic E-state index is 14.0. The van der Waals surface area contributed by atoms with Gasteiger partial charge in [-0.1, -0.05) is 25.1 Å². The molecule has 1 fully saturated rings. The summed E-state index contributed by atoms with van der Waals surface area (Å²) in [7, 11) is 0. The molecule has 0 saturated carbocycles. The molecule has 1 aliphatic rings. The zero-order valence-corrected chi connectivity index (χ0v) is 12.2. The van der Waals surface area contributed by atoms with Crippen molar-refractivity contribution in [3.8, 4) is 0 Å². The van der Waals surface area contributed by atoms with Crippen molar-refractivity contribution in [3.63, 3.8) is 0 Å². The molecule has 0 amide bonds. The molecule has 3 heteroatoms. The number of nitrogens with zero attached hydrogens (tertiary/aromatic N) is 1. The maximum Gasteiger partial charge on any atom is 0.128 e. The Bertz CT molecular complexity index is 417. The third-order valence-electron chi connectivity index (χ3n) is 4.21. The fourth-order valence-electron chi connectivity index (χ4n) is 3.00. The lowest BCUT2D eigenvalue weighted by molar-refractivity contribution is 0.156. The van der Waals surface area contributed by atoms with Crippen molar-refractivity contribution in [1.29, 1.82) is 0 Å². The molecule has 1 unspecified atom stereocenters. The quantitative estimate of drug-likeness (QED) is 0.877. The number of likely N-dealkylation sites (N-methyl/N-ethyl adjacent to an activating group) is 1. The summed E-state index contributed by atoms with van der Waals surface area (Å²) in [6.07, 6.45) is 2.46. The molecule has 0 bridgehead atoms. The summed E-state index contributed by atoms with van der Waals surface area (Å²) in [5.74, 6) is -0.106. The van der Waals surface area contributed by atoms with Gasteiger partial charge >= 0.3 is 0 Å². The lowest BCUT2D eigenvalue weighted by atomic mass is 10.00. The molecular weight excluding hydrogens is 239 g/mol. The summed E-state index contributed by atoms with van der Waals surface area (Å²) in [4.78, 5) is 2.48. The van der Waals surface area contributed by atoms with Gasteiger partial charge in [0.25, 0.3) is 0 Å². The molecular formula is C16H25FN2. The Morgan fingerprint density at radius 2 is 2.11 bits per heavy atom. The number of hydrogen-bond acceptors (Lipinski definition) is 2. The van der Waals surface area contributed by atoms with E-state index < -0.39 is 0 Å². The van der Waals surface area contributed by atoms with Crippen molar-refractivity contribution >= 4 is 0 Å². The fourth-order valence-corrected chi connectivity index (χ4v) is 3.00. The second-order valence-corrected chi connectivity index (χ2v) is 5.99. The SMILES string of the molecule is CCNC(CN1CCCC1(C)C)c1ccccc1F. The van der Waals surface area contributed by atoms with E-state index >= 15 is 0 Å². The molecule has 1 heterocycles. The van der Waals surface area contributed by atoms with Crippen molar-refractivity contribution in [2.45, 2.75) is 45.2 Å². The Hall–Kier alpha value is -0.930. The molecule has 1 atom stereocenters. The molecule has 1 aromatic carbocycles. The molecule has 0 aliphatic carbocycles. The van der Waals surface area contributed by atoms with Gasteiger partial charge in [-0.15, -0.1) is 0 Å². The smallest absolute Gasteiger partial charge is 0.128 e. The normalized spacial score (nSPS) is 20.6. The van der Waals surface area contributed by atoms with E-state index in [0.29, 0.717) is 0 Å². The monoisotopic (exact) mass is 264 g/mol. The van der Waals surface area contributed by atoms with Gasteiger partial charge in [0, 0.05) is 23.7 Å². The zero-order valence-electron chi connectivity index (χ0n) is 12.2. The van der Waals surface area contributed by atoms with Crippen LogP contribution in [-0.2, 0) is 0 Å². The molecule has 2 rings (SSSR count). The summed E-state index contributed by atoms with van der Waals surface area (Å²) in [6, 6.07) is 7.18. The highest BCUT2D eigenvalue weighted by atomic mass is 19.1. The Labute approximate surface area is 116 Å². The third-order valence-corrected chi connectivity index (χ3v) is 4.21. The molecule has 0 aromatic heterocycles. The molecule has 1 N–H and O–H groups in total. The van der Waals surface area contributed by atoms with Crippen LogP contribution in [0.15, 0.2) is 24.3 Å². The lowest BCUT2D eigenvalue weighted by Crippen LogP contribution is -2.43. The van der Waals surface area contributed by atoms with E-state index in [1.807, 2.05) is 12.1 Å². The van der Waals surface area contributed by atoms with Gasteiger partial charge in [0.2, 0.25) is 0 Å². The van der Waals surface area contributed by atoms with Gasteiger partial charge in [0.05, 0.1) is 0 Å². The molecule has 1 aliphatic heterocycles. The molecule has 0 spiro atoms. The first-order valence-electron chi connectivity index (χ1n) is 7.27. The van der Waals surface area contributed by atoms with Crippen LogP contribution in [0.1, 0.15) is 45.2 Å². The van der Waals surface area contributed by atoms with E-state index in [4.69, 9.17) is 0 Å². The Morgan fingerprint density at radius 1 is 1.37 bits per heavy atom. The first kappa shape index (κ1) is 14.5. The van der Waals surface area contributed by atoms with Crippen molar-refractivity contribution in [3.05, 3.63) is 35.6 Å². The summed E-state index contributed by atoms with van der Waals surface area (Å²) in [5, 5.41) is 3.42. The first-order valence-corrected chi connectivity index (χ1v) is 7.27. The van der Waals surface area contributed by atoms with Gasteiger partial charge in [-0.05, 0) is 45.8 Å². The van der Waals surface area contributed by atoms with E-state index in [1.54, 1.807) is 12.1 Å². The minimum Gasteiger partial charge on any atom is -0.309 e. The van der Waals surface area contributed by atoms with E-state index in [9.17, 15) is 4.39 Å². The number of nitrogens with one attached hydrogen (secondary N) is 1. The van der Waals surface area contributed by atoms with Gasteiger partial charge in [-0.3, -0.25) is 4.90 Å². The zero-order chi connectivity index (χ0) is 13.9. The van der Waals surface area contributed by atoms with E-state index in [0.717, 1.165) is 25.2 Å². The number of rotatable bonds is 5. The summed E-state index contributed by atoms with van der Waals surface area (Å²) in [5.41, 5.74) is 1.02. The minimum absolute atomic E-state index is 0.0728. The van der Waals surface area contributed by atoms with Crippen LogP contribution < -0.4 is 5.32 Å². The highest BCUT2D eigenvalue weighted by molar-refractivity contribution is 5.21. The van der Waals surface area contributed by atoms with Crippen LogP contribution in [0.3, 0.4) is 0 Å². The first-order chi connectivity index (χ1) is 9.04. The van der Waals surface area contributed by atoms with Crippen molar-refractivity contribution in [2.24, 2.45) is 0 Å². The average molecular weight is 264 g/mol. The number of halogens is 1. The fraction of sp³-hybridized carbons (Fsp3) is 0.625. The van der Waals surface area contributed by atoms with E-state index in [1.165, 1.54) is 12.8 Å². The highest BCUT2D eigenvalue weighted by Crippen LogP contribution is 2.30. The Balaban J connectivity index is 2.15. The van der Waals surface area contributed by atoms with Crippen molar-refractivity contribution in [2.75, 3.05) is 19.6 Å². The predicted octanol–water partition coefficient (Wildman–Crippen LogP) is 3.35. The summed E-state index contributed by atoms with van der Waals surface area (Å²) >= 11 is 0. The van der Waals surface area contributed by atoms with Gasteiger partial charge in [-0.2, -0.15) is 0 Å². The third kappa shape index (κ3) is 3.34. The maximum absolute atomic E-state index is 14.0. The Morgan fingerprint density at radius 3 is 2.68 bits per heavy atom. The largest absolute Gasteiger partial charge is 0.309 e. The van der Waals surface area contributed by atoms with Crippen LogP contribution in [0.25, 0.3) is 0 Å². The van der Waals surface area contributed by atoms with E-state index in [-0.39, 0.29) is 17.4 Å². The molecule has 1 aromatic rings. The van der Waals surface area contributed by atoms with Crippen LogP contribution in [0, 0.1) is 5.82 Å². The van der Waals surface area contributed by atoms with Crippen LogP contribution in [0.5, 0.6) is 0 Å². The number of likely N-dealkylation sites (tertiary alicyclic amines) is 1. The molecule has 19 heavy (non-hydrogen) atoms. The standard InChI is InChI=1S/C16H25FN2/c1-4-18-15(13-8-5-6-9-14(13)17)12-19-11-7-10-16(19,2)3/h5-6,8-9,15,18H,4,7,10-12H2,1-3H3. The number of benzene rings is 1. The van der Waals surface area contributed by atoms with Crippen LogP contribution in [-0.4, -0.2) is 30.1 Å².